The zero-order valence-electron chi connectivity index (χ0n) is 4.93. The lowest BCUT2D eigenvalue weighted by molar-refractivity contribution is 0.693. The van der Waals surface area contributed by atoms with E-state index in [1.54, 1.807) is 0 Å². The molecule has 0 nitrogen and oxygen atoms in total. The van der Waals surface area contributed by atoms with Gasteiger partial charge in [0.2, 0.25) is 0 Å². The van der Waals surface area contributed by atoms with E-state index in [1.807, 2.05) is 0 Å². The highest BCUT2D eigenvalue weighted by molar-refractivity contribution is 5.24. The number of allylic oxidation sites excluding steroid dienone is 3. The maximum atomic E-state index is 3.99. The second-order valence-electron chi connectivity index (χ2n) is 2.85. The summed E-state index contributed by atoms with van der Waals surface area (Å²) in [6, 6.07) is 0. The van der Waals surface area contributed by atoms with Gasteiger partial charge in [0.15, 0.2) is 0 Å². The first-order valence-electron chi connectivity index (χ1n) is 3.22. The number of fused-ring (bicyclic) bond motifs is 2. The van der Waals surface area contributed by atoms with Crippen molar-refractivity contribution in [3.63, 3.8) is 0 Å². The molecule has 0 heteroatoms. The number of rotatable bonds is 0. The second kappa shape index (κ2) is 1.25. The van der Waals surface area contributed by atoms with Crippen LogP contribution < -0.4 is 0 Å². The maximum Gasteiger partial charge on any atom is -0.00199 e. The summed E-state index contributed by atoms with van der Waals surface area (Å²) in [6.45, 7) is 3.99. The van der Waals surface area contributed by atoms with Gasteiger partial charge in [0.25, 0.3) is 0 Å². The van der Waals surface area contributed by atoms with Crippen molar-refractivity contribution in [3.05, 3.63) is 24.3 Å². The molecule has 2 atom stereocenters. The second-order valence-corrected chi connectivity index (χ2v) is 2.85. The molecule has 0 heterocycles. The average molecular weight is 106 g/mol. The van der Waals surface area contributed by atoms with E-state index in [0.717, 1.165) is 11.8 Å². The van der Waals surface area contributed by atoms with Crippen LogP contribution in [0.5, 0.6) is 0 Å². The highest BCUT2D eigenvalue weighted by Crippen LogP contribution is 2.41. The van der Waals surface area contributed by atoms with Gasteiger partial charge >= 0.3 is 0 Å². The summed E-state index contributed by atoms with van der Waals surface area (Å²) in [7, 11) is 0. The third-order valence-corrected chi connectivity index (χ3v) is 2.22. The molecule has 2 rings (SSSR count). The van der Waals surface area contributed by atoms with Crippen molar-refractivity contribution in [2.24, 2.45) is 11.8 Å². The van der Waals surface area contributed by atoms with Crippen molar-refractivity contribution < 1.29 is 0 Å². The largest absolute Gasteiger partial charge is 0.0992 e. The predicted octanol–water partition coefficient (Wildman–Crippen LogP) is 2.14. The molecule has 0 N–H and O–H groups in total. The molecule has 0 spiro atoms. The zero-order chi connectivity index (χ0) is 5.56. The highest BCUT2D eigenvalue weighted by atomic mass is 14.3. The molecule has 0 aromatic heterocycles. The summed E-state index contributed by atoms with van der Waals surface area (Å²) in [6.07, 6.45) is 7.26. The van der Waals surface area contributed by atoms with Crippen LogP contribution in [0.3, 0.4) is 0 Å². The Morgan fingerprint density at radius 1 is 1.50 bits per heavy atom. The Kier molecular flexibility index (Phi) is 0.682. The Morgan fingerprint density at radius 2 is 2.38 bits per heavy atom. The molecule has 0 saturated heterocycles. The highest BCUT2D eigenvalue weighted by Gasteiger charge is 2.28. The van der Waals surface area contributed by atoms with Crippen LogP contribution in [0.25, 0.3) is 0 Å². The van der Waals surface area contributed by atoms with Crippen molar-refractivity contribution in [2.45, 2.75) is 12.8 Å². The van der Waals surface area contributed by atoms with E-state index >= 15 is 0 Å². The van der Waals surface area contributed by atoms with Crippen molar-refractivity contribution in [2.75, 3.05) is 0 Å². The summed E-state index contributed by atoms with van der Waals surface area (Å²) in [4.78, 5) is 0. The Morgan fingerprint density at radius 3 is 2.62 bits per heavy atom. The minimum absolute atomic E-state index is 0.764. The van der Waals surface area contributed by atoms with Gasteiger partial charge in [0.05, 0.1) is 0 Å². The molecule has 0 aliphatic heterocycles. The molecule has 42 valence electrons. The van der Waals surface area contributed by atoms with Crippen LogP contribution in [-0.4, -0.2) is 0 Å². The minimum Gasteiger partial charge on any atom is -0.0992 e. The Labute approximate surface area is 49.9 Å². The summed E-state index contributed by atoms with van der Waals surface area (Å²) in [5.41, 5.74) is 1.46. The molecule has 2 bridgehead atoms. The minimum atomic E-state index is 0.764. The fraction of sp³-hybridized carbons (Fsp3) is 0.500. The Balaban J connectivity index is 2.35. The van der Waals surface area contributed by atoms with E-state index < -0.39 is 0 Å². The standard InChI is InChI=1S/C8H10/c1-6-4-7-2-3-8(6)5-7/h2-3,7-8H,1,4-5H2/t7-,8+/m1/s1. The van der Waals surface area contributed by atoms with Gasteiger partial charge in [-0.05, 0) is 24.7 Å². The van der Waals surface area contributed by atoms with E-state index in [1.165, 1.54) is 18.4 Å². The van der Waals surface area contributed by atoms with Gasteiger partial charge in [0.1, 0.15) is 0 Å². The smallest absolute Gasteiger partial charge is 0.00199 e. The van der Waals surface area contributed by atoms with Crippen molar-refractivity contribution in [3.8, 4) is 0 Å². The fourth-order valence-electron chi connectivity index (χ4n) is 1.72. The molecule has 2 aliphatic carbocycles. The molecule has 1 fully saturated rings. The summed E-state index contributed by atoms with van der Waals surface area (Å²) >= 11 is 0. The van der Waals surface area contributed by atoms with Crippen LogP contribution in [0.2, 0.25) is 0 Å². The van der Waals surface area contributed by atoms with Crippen molar-refractivity contribution >= 4 is 0 Å². The van der Waals surface area contributed by atoms with Gasteiger partial charge in [-0.2, -0.15) is 0 Å². The first kappa shape index (κ1) is 4.37. The van der Waals surface area contributed by atoms with Crippen LogP contribution in [-0.2, 0) is 0 Å². The topological polar surface area (TPSA) is 0 Å². The van der Waals surface area contributed by atoms with Gasteiger partial charge in [-0.1, -0.05) is 24.3 Å². The van der Waals surface area contributed by atoms with Crippen molar-refractivity contribution in [1.82, 2.24) is 0 Å². The quantitative estimate of drug-likeness (QED) is 0.415. The van der Waals surface area contributed by atoms with Crippen LogP contribution in [0.15, 0.2) is 24.3 Å². The first-order valence-corrected chi connectivity index (χ1v) is 3.22. The van der Waals surface area contributed by atoms with E-state index in [-0.39, 0.29) is 0 Å². The van der Waals surface area contributed by atoms with E-state index in [9.17, 15) is 0 Å². The van der Waals surface area contributed by atoms with Crippen LogP contribution in [0.4, 0.5) is 0 Å². The maximum absolute atomic E-state index is 3.99. The third-order valence-electron chi connectivity index (χ3n) is 2.22. The van der Waals surface area contributed by atoms with Gasteiger partial charge < -0.3 is 0 Å². The van der Waals surface area contributed by atoms with Crippen molar-refractivity contribution in [1.29, 1.82) is 0 Å². The molecular weight excluding hydrogens is 96.1 g/mol. The normalized spacial score (nSPS) is 41.8. The van der Waals surface area contributed by atoms with Gasteiger partial charge in [-0.25, -0.2) is 0 Å². The summed E-state index contributed by atoms with van der Waals surface area (Å²) < 4.78 is 0. The summed E-state index contributed by atoms with van der Waals surface area (Å²) in [5.74, 6) is 1.63. The molecule has 2 aliphatic rings. The van der Waals surface area contributed by atoms with E-state index in [2.05, 4.69) is 18.7 Å². The molecule has 0 radical (unpaired) electrons. The monoisotopic (exact) mass is 106 g/mol. The third kappa shape index (κ3) is 0.405. The number of hydrogen-bond acceptors (Lipinski definition) is 0. The number of hydrogen-bond donors (Lipinski definition) is 0. The molecule has 0 amide bonds. The van der Waals surface area contributed by atoms with Gasteiger partial charge in [-0.3, -0.25) is 0 Å². The lowest BCUT2D eigenvalue weighted by atomic mass is 10.0. The molecular formula is C8H10. The predicted molar refractivity (Wildman–Crippen MR) is 34.5 cm³/mol. The molecule has 0 unspecified atom stereocenters. The fourth-order valence-corrected chi connectivity index (χ4v) is 1.72. The van der Waals surface area contributed by atoms with Crippen LogP contribution >= 0.6 is 0 Å². The molecule has 8 heavy (non-hydrogen) atoms. The Hall–Kier alpha value is -0.520. The van der Waals surface area contributed by atoms with Crippen LogP contribution in [0, 0.1) is 11.8 Å². The zero-order valence-corrected chi connectivity index (χ0v) is 4.93. The average Bonchev–Trinajstić information content (AvgIpc) is 2.23. The SMILES string of the molecule is C=C1C[C@H]2C=C[C@H]1C2. The first-order chi connectivity index (χ1) is 3.86. The van der Waals surface area contributed by atoms with E-state index in [4.69, 9.17) is 0 Å². The Bertz CT molecular complexity index is 153. The van der Waals surface area contributed by atoms with E-state index in [0.29, 0.717) is 0 Å². The lowest BCUT2D eigenvalue weighted by Crippen LogP contribution is -1.88. The molecule has 0 aromatic carbocycles. The van der Waals surface area contributed by atoms with Crippen LogP contribution in [0.1, 0.15) is 12.8 Å². The summed E-state index contributed by atoms with van der Waals surface area (Å²) in [5, 5.41) is 0. The lowest BCUT2D eigenvalue weighted by Gasteiger charge is -2.02. The molecule has 0 aromatic rings. The van der Waals surface area contributed by atoms with Gasteiger partial charge in [-0.15, -0.1) is 0 Å². The van der Waals surface area contributed by atoms with Gasteiger partial charge in [0, 0.05) is 0 Å². The molecule has 1 saturated carbocycles.